The van der Waals surface area contributed by atoms with Crippen LogP contribution in [0.5, 0.6) is 0 Å². The third kappa shape index (κ3) is 11.0. The highest BCUT2D eigenvalue weighted by atomic mass is 15.1. The number of aryl methyl sites for hydroxylation is 2. The zero-order valence-corrected chi connectivity index (χ0v) is 18.3. The van der Waals surface area contributed by atoms with Crippen molar-refractivity contribution in [2.24, 2.45) is 7.05 Å². The Morgan fingerprint density at radius 2 is 1.12 bits per heavy atom. The van der Waals surface area contributed by atoms with E-state index < -0.39 is 0 Å². The topological polar surface area (TPSA) is 8.81 Å². The summed E-state index contributed by atoms with van der Waals surface area (Å²) in [5.41, 5.74) is 0. The smallest absolute Gasteiger partial charge is 0.237 e. The molecule has 0 saturated heterocycles. The van der Waals surface area contributed by atoms with E-state index in [1.807, 2.05) is 0 Å². The van der Waals surface area contributed by atoms with E-state index >= 15 is 0 Å². The number of imidazole rings is 1. The van der Waals surface area contributed by atoms with Gasteiger partial charge in [0.1, 0.15) is 12.4 Å². The molecular weight excluding hydrogens is 316 g/mol. The summed E-state index contributed by atoms with van der Waals surface area (Å²) in [4.78, 5) is 0. The minimum atomic E-state index is 1.21. The van der Waals surface area contributed by atoms with Crippen LogP contribution >= 0.6 is 0 Å². The highest BCUT2D eigenvalue weighted by molar-refractivity contribution is 4.82. The first-order chi connectivity index (χ1) is 12.8. The zero-order valence-electron chi connectivity index (χ0n) is 18.3. The van der Waals surface area contributed by atoms with Crippen molar-refractivity contribution in [1.29, 1.82) is 0 Å². The zero-order chi connectivity index (χ0) is 18.9. The number of hydrogen-bond acceptors (Lipinski definition) is 0. The van der Waals surface area contributed by atoms with Crippen molar-refractivity contribution in [2.45, 2.75) is 130 Å². The Labute approximate surface area is 164 Å². The molecule has 0 aliphatic carbocycles. The molecule has 0 N–H and O–H groups in total. The molecule has 0 aliphatic heterocycles. The number of rotatable bonds is 18. The molecule has 1 rings (SSSR count). The first-order valence-electron chi connectivity index (χ1n) is 11.8. The van der Waals surface area contributed by atoms with Crippen LogP contribution in [0.25, 0.3) is 0 Å². The maximum Gasteiger partial charge on any atom is 0.256 e. The molecule has 0 aromatic carbocycles. The second-order valence-corrected chi connectivity index (χ2v) is 8.22. The average Bonchev–Trinajstić information content (AvgIpc) is 2.99. The molecule has 0 radical (unpaired) electrons. The van der Waals surface area contributed by atoms with Crippen molar-refractivity contribution >= 4 is 0 Å². The number of aromatic nitrogens is 2. The van der Waals surface area contributed by atoms with Crippen molar-refractivity contribution in [3.63, 3.8) is 0 Å². The van der Waals surface area contributed by atoms with Gasteiger partial charge in [0.2, 0.25) is 0 Å². The molecule has 0 spiro atoms. The molecule has 1 heterocycles. The van der Waals surface area contributed by atoms with Crippen molar-refractivity contribution in [3.05, 3.63) is 18.2 Å². The Morgan fingerprint density at radius 1 is 0.654 bits per heavy atom. The molecule has 0 aliphatic rings. The highest BCUT2D eigenvalue weighted by Gasteiger charge is 2.13. The third-order valence-corrected chi connectivity index (χ3v) is 5.72. The fourth-order valence-corrected chi connectivity index (χ4v) is 3.91. The Balaban J connectivity index is 2.10. The lowest BCUT2D eigenvalue weighted by Gasteiger charge is -2.05. The molecule has 1 aromatic heterocycles. The lowest BCUT2D eigenvalue weighted by Crippen LogP contribution is -2.37. The lowest BCUT2D eigenvalue weighted by molar-refractivity contribution is -0.704. The first kappa shape index (κ1) is 23.2. The van der Waals surface area contributed by atoms with Crippen LogP contribution in [0.4, 0.5) is 0 Å². The Kier molecular flexibility index (Phi) is 14.7. The number of hydrogen-bond donors (Lipinski definition) is 0. The summed E-state index contributed by atoms with van der Waals surface area (Å²) >= 11 is 0. The molecule has 0 saturated carbocycles. The monoisotopic (exact) mass is 363 g/mol. The van der Waals surface area contributed by atoms with Crippen molar-refractivity contribution in [3.8, 4) is 0 Å². The lowest BCUT2D eigenvalue weighted by atomic mass is 10.1. The minimum Gasteiger partial charge on any atom is -0.237 e. The molecule has 2 heteroatoms. The molecule has 2 nitrogen and oxygen atoms in total. The van der Waals surface area contributed by atoms with Crippen LogP contribution in [0.3, 0.4) is 0 Å². The molecule has 152 valence electrons. The molecule has 1 aromatic rings. The van der Waals surface area contributed by atoms with Crippen molar-refractivity contribution < 1.29 is 4.57 Å². The molecule has 0 unspecified atom stereocenters. The van der Waals surface area contributed by atoms with E-state index in [1.54, 1.807) is 0 Å². The van der Waals surface area contributed by atoms with Gasteiger partial charge in [-0.1, -0.05) is 97.3 Å². The summed E-state index contributed by atoms with van der Waals surface area (Å²) < 4.78 is 4.85. The second kappa shape index (κ2) is 16.4. The summed E-state index contributed by atoms with van der Waals surface area (Å²) in [6, 6.07) is 0. The van der Waals surface area contributed by atoms with Gasteiger partial charge in [0.25, 0.3) is 5.82 Å². The molecule has 0 amide bonds. The summed E-state index contributed by atoms with van der Waals surface area (Å²) in [7, 11) is 2.21. The van der Waals surface area contributed by atoms with E-state index in [0.29, 0.717) is 0 Å². The van der Waals surface area contributed by atoms with E-state index in [1.165, 1.54) is 122 Å². The Bertz CT molecular complexity index is 422. The quantitative estimate of drug-likeness (QED) is 0.194. The van der Waals surface area contributed by atoms with Crippen molar-refractivity contribution in [2.75, 3.05) is 0 Å². The minimum absolute atomic E-state index is 1.21. The van der Waals surface area contributed by atoms with E-state index in [2.05, 4.69) is 42.4 Å². The van der Waals surface area contributed by atoms with Crippen LogP contribution in [0, 0.1) is 0 Å². The van der Waals surface area contributed by atoms with Gasteiger partial charge < -0.3 is 0 Å². The molecule has 0 fully saturated rings. The molecule has 0 bridgehead atoms. The van der Waals surface area contributed by atoms with Gasteiger partial charge in [-0.25, -0.2) is 9.13 Å². The predicted octanol–water partition coefficient (Wildman–Crippen LogP) is 7.14. The first-order valence-corrected chi connectivity index (χ1v) is 11.8. The van der Waals surface area contributed by atoms with E-state index in [9.17, 15) is 0 Å². The van der Waals surface area contributed by atoms with Gasteiger partial charge in [0.15, 0.2) is 0 Å². The fourth-order valence-electron chi connectivity index (χ4n) is 3.91. The average molecular weight is 364 g/mol. The summed E-state index contributed by atoms with van der Waals surface area (Å²) in [5.74, 6) is 1.53. The maximum absolute atomic E-state index is 2.51. The van der Waals surface area contributed by atoms with Crippen LogP contribution in [0.2, 0.25) is 0 Å². The van der Waals surface area contributed by atoms with Crippen molar-refractivity contribution in [1.82, 2.24) is 4.57 Å². The maximum atomic E-state index is 2.51. The van der Waals surface area contributed by atoms with Crippen LogP contribution < -0.4 is 4.57 Å². The molecular formula is C24H47N2+. The summed E-state index contributed by atoms with van der Waals surface area (Å²) in [5, 5.41) is 0. The summed E-state index contributed by atoms with van der Waals surface area (Å²) in [6.07, 6.45) is 28.3. The van der Waals surface area contributed by atoms with Gasteiger partial charge in [0, 0.05) is 6.42 Å². The largest absolute Gasteiger partial charge is 0.256 e. The van der Waals surface area contributed by atoms with Gasteiger partial charge in [0.05, 0.1) is 13.6 Å². The van der Waals surface area contributed by atoms with Gasteiger partial charge in [-0.05, 0) is 19.3 Å². The van der Waals surface area contributed by atoms with E-state index in [-0.39, 0.29) is 0 Å². The van der Waals surface area contributed by atoms with E-state index in [4.69, 9.17) is 0 Å². The van der Waals surface area contributed by atoms with Crippen LogP contribution in [-0.4, -0.2) is 4.57 Å². The predicted molar refractivity (Wildman–Crippen MR) is 115 cm³/mol. The van der Waals surface area contributed by atoms with Crippen LogP contribution in [0.1, 0.15) is 122 Å². The van der Waals surface area contributed by atoms with Gasteiger partial charge in [-0.2, -0.15) is 0 Å². The molecule has 26 heavy (non-hydrogen) atoms. The Morgan fingerprint density at radius 3 is 1.65 bits per heavy atom. The van der Waals surface area contributed by atoms with Crippen LogP contribution in [-0.2, 0) is 20.0 Å². The standard InChI is InChI=1S/C24H47N2/c1-4-6-8-10-12-13-14-16-18-20-24-25(3)22-23-26(24)21-19-17-15-11-9-7-5-2/h22-23H,4-21H2,1-3H3/q+1. The second-order valence-electron chi connectivity index (χ2n) is 8.22. The highest BCUT2D eigenvalue weighted by Crippen LogP contribution is 2.11. The van der Waals surface area contributed by atoms with Crippen LogP contribution in [0.15, 0.2) is 12.4 Å². The Hall–Kier alpha value is -0.790. The number of nitrogens with zero attached hydrogens (tertiary/aromatic N) is 2. The van der Waals surface area contributed by atoms with Gasteiger partial charge in [-0.15, -0.1) is 0 Å². The van der Waals surface area contributed by atoms with Gasteiger partial charge in [-0.3, -0.25) is 0 Å². The number of unbranched alkanes of at least 4 members (excludes halogenated alkanes) is 14. The summed E-state index contributed by atoms with van der Waals surface area (Å²) in [6.45, 7) is 5.80. The molecule has 0 atom stereocenters. The fraction of sp³-hybridized carbons (Fsp3) is 0.875. The van der Waals surface area contributed by atoms with E-state index in [0.717, 1.165) is 0 Å². The van der Waals surface area contributed by atoms with Gasteiger partial charge >= 0.3 is 0 Å². The third-order valence-electron chi connectivity index (χ3n) is 5.72. The normalized spacial score (nSPS) is 11.3. The SMILES string of the molecule is CCCCCCCCCCCc1n(C)cc[n+]1CCCCCCCCC.